The molecular formula is C7H7ClN2O. The lowest BCUT2D eigenvalue weighted by molar-refractivity contribution is 0.335. The van der Waals surface area contributed by atoms with Crippen LogP contribution in [0.15, 0.2) is 6.20 Å². The van der Waals surface area contributed by atoms with Crippen LogP contribution in [0.3, 0.4) is 0 Å². The fraction of sp³-hybridized carbons (Fsp3) is 0.286. The topological polar surface area (TPSA) is 27.1 Å². The molecule has 1 aromatic rings. The number of ether oxygens (including phenoxy) is 1. The summed E-state index contributed by atoms with van der Waals surface area (Å²) in [6, 6.07) is 0. The van der Waals surface area contributed by atoms with Gasteiger partial charge in [0.25, 0.3) is 0 Å². The van der Waals surface area contributed by atoms with E-state index in [-0.39, 0.29) is 6.61 Å². The molecule has 0 unspecified atom stereocenters. The molecule has 0 aliphatic rings. The number of aryl methyl sites for hydroxylation is 1. The van der Waals surface area contributed by atoms with Gasteiger partial charge in [-0.15, -0.1) is 6.42 Å². The van der Waals surface area contributed by atoms with Crippen molar-refractivity contribution in [3.05, 3.63) is 11.2 Å². The summed E-state index contributed by atoms with van der Waals surface area (Å²) in [4.78, 5) is 0. The lowest BCUT2D eigenvalue weighted by Gasteiger charge is -2.01. The molecule has 0 fully saturated rings. The molecule has 11 heavy (non-hydrogen) atoms. The Labute approximate surface area is 69.9 Å². The summed E-state index contributed by atoms with van der Waals surface area (Å²) in [6.07, 6.45) is 6.50. The minimum absolute atomic E-state index is 0.208. The lowest BCUT2D eigenvalue weighted by Crippen LogP contribution is -2.00. The standard InChI is InChI=1S/C7H7ClN2O/c1-3-4-11-7-6(8)5-9-10(7)2/h1,5H,4H2,2H3. The van der Waals surface area contributed by atoms with Crippen molar-refractivity contribution < 1.29 is 4.74 Å². The van der Waals surface area contributed by atoms with E-state index in [9.17, 15) is 0 Å². The number of terminal acetylenes is 1. The first-order chi connectivity index (χ1) is 5.25. The summed E-state index contributed by atoms with van der Waals surface area (Å²) < 4.78 is 6.62. The smallest absolute Gasteiger partial charge is 0.231 e. The summed E-state index contributed by atoms with van der Waals surface area (Å²) in [7, 11) is 1.73. The van der Waals surface area contributed by atoms with E-state index in [0.717, 1.165) is 0 Å². The van der Waals surface area contributed by atoms with Gasteiger partial charge in [0.05, 0.1) is 6.20 Å². The van der Waals surface area contributed by atoms with Gasteiger partial charge in [-0.25, -0.2) is 4.68 Å². The van der Waals surface area contributed by atoms with E-state index in [1.165, 1.54) is 10.9 Å². The first-order valence-electron chi connectivity index (χ1n) is 2.99. The van der Waals surface area contributed by atoms with Crippen molar-refractivity contribution in [2.24, 2.45) is 7.05 Å². The zero-order chi connectivity index (χ0) is 8.27. The van der Waals surface area contributed by atoms with Crippen molar-refractivity contribution in [1.29, 1.82) is 0 Å². The molecule has 0 saturated heterocycles. The van der Waals surface area contributed by atoms with Crippen LogP contribution in [0.25, 0.3) is 0 Å². The van der Waals surface area contributed by atoms with Gasteiger partial charge in [0.1, 0.15) is 5.02 Å². The minimum Gasteiger partial charge on any atom is -0.464 e. The second kappa shape index (κ2) is 3.31. The van der Waals surface area contributed by atoms with Gasteiger partial charge in [-0.2, -0.15) is 5.10 Å². The molecular weight excluding hydrogens is 164 g/mol. The number of rotatable bonds is 2. The van der Waals surface area contributed by atoms with E-state index >= 15 is 0 Å². The Morgan fingerprint density at radius 3 is 3.09 bits per heavy atom. The Balaban J connectivity index is 2.77. The van der Waals surface area contributed by atoms with Gasteiger partial charge in [-0.05, 0) is 0 Å². The molecule has 0 atom stereocenters. The molecule has 0 N–H and O–H groups in total. The fourth-order valence-electron chi connectivity index (χ4n) is 0.672. The number of hydrogen-bond donors (Lipinski definition) is 0. The van der Waals surface area contributed by atoms with Crippen LogP contribution in [-0.2, 0) is 7.05 Å². The third-order valence-corrected chi connectivity index (χ3v) is 1.39. The van der Waals surface area contributed by atoms with Crippen LogP contribution in [0.2, 0.25) is 5.02 Å². The second-order valence-electron chi connectivity index (χ2n) is 1.91. The van der Waals surface area contributed by atoms with Crippen LogP contribution in [0, 0.1) is 12.3 Å². The molecule has 0 aliphatic heterocycles. The summed E-state index contributed by atoms with van der Waals surface area (Å²) in [5.41, 5.74) is 0. The van der Waals surface area contributed by atoms with Gasteiger partial charge in [-0.1, -0.05) is 17.5 Å². The highest BCUT2D eigenvalue weighted by Crippen LogP contribution is 2.21. The van der Waals surface area contributed by atoms with E-state index < -0.39 is 0 Å². The van der Waals surface area contributed by atoms with Gasteiger partial charge < -0.3 is 4.74 Å². The molecule has 1 aromatic heterocycles. The molecule has 0 radical (unpaired) electrons. The molecule has 1 rings (SSSR count). The van der Waals surface area contributed by atoms with Crippen molar-refractivity contribution >= 4 is 11.6 Å². The molecule has 1 heterocycles. The van der Waals surface area contributed by atoms with Gasteiger partial charge in [-0.3, -0.25) is 0 Å². The zero-order valence-corrected chi connectivity index (χ0v) is 6.80. The monoisotopic (exact) mass is 170 g/mol. The van der Waals surface area contributed by atoms with Crippen LogP contribution in [0.1, 0.15) is 0 Å². The van der Waals surface area contributed by atoms with Crippen molar-refractivity contribution in [2.75, 3.05) is 6.61 Å². The van der Waals surface area contributed by atoms with Gasteiger partial charge in [0.2, 0.25) is 5.88 Å². The number of aromatic nitrogens is 2. The maximum Gasteiger partial charge on any atom is 0.231 e. The highest BCUT2D eigenvalue weighted by Gasteiger charge is 2.05. The molecule has 0 amide bonds. The van der Waals surface area contributed by atoms with E-state index in [0.29, 0.717) is 10.9 Å². The van der Waals surface area contributed by atoms with E-state index in [2.05, 4.69) is 11.0 Å². The van der Waals surface area contributed by atoms with E-state index in [1.54, 1.807) is 7.05 Å². The Morgan fingerprint density at radius 2 is 2.64 bits per heavy atom. The summed E-state index contributed by atoms with van der Waals surface area (Å²) >= 11 is 5.70. The molecule has 0 spiro atoms. The number of hydrogen-bond acceptors (Lipinski definition) is 2. The summed E-state index contributed by atoms with van der Waals surface area (Å²) in [5, 5.41) is 4.33. The highest BCUT2D eigenvalue weighted by atomic mass is 35.5. The summed E-state index contributed by atoms with van der Waals surface area (Å²) in [6.45, 7) is 0.208. The average molecular weight is 171 g/mol. The van der Waals surface area contributed by atoms with Crippen molar-refractivity contribution in [3.8, 4) is 18.2 Å². The molecule has 3 nitrogen and oxygen atoms in total. The molecule has 0 aliphatic carbocycles. The van der Waals surface area contributed by atoms with Crippen molar-refractivity contribution in [2.45, 2.75) is 0 Å². The lowest BCUT2D eigenvalue weighted by atomic mass is 10.6. The average Bonchev–Trinajstić information content (AvgIpc) is 2.29. The highest BCUT2D eigenvalue weighted by molar-refractivity contribution is 6.31. The molecule has 0 saturated carbocycles. The predicted octanol–water partition coefficient (Wildman–Crippen LogP) is 1.09. The maximum atomic E-state index is 5.70. The Hall–Kier alpha value is -1.14. The quantitative estimate of drug-likeness (QED) is 0.622. The normalized spacial score (nSPS) is 9.18. The van der Waals surface area contributed by atoms with Crippen LogP contribution < -0.4 is 4.74 Å². The van der Waals surface area contributed by atoms with Crippen LogP contribution in [0.5, 0.6) is 5.88 Å². The largest absolute Gasteiger partial charge is 0.464 e. The Bertz CT molecular complexity index is 268. The zero-order valence-electron chi connectivity index (χ0n) is 6.04. The van der Waals surface area contributed by atoms with E-state index in [4.69, 9.17) is 22.8 Å². The van der Waals surface area contributed by atoms with Gasteiger partial charge in [0, 0.05) is 7.05 Å². The third kappa shape index (κ3) is 1.66. The summed E-state index contributed by atoms with van der Waals surface area (Å²) in [5.74, 6) is 2.84. The Morgan fingerprint density at radius 1 is 1.91 bits per heavy atom. The second-order valence-corrected chi connectivity index (χ2v) is 2.32. The first kappa shape index (κ1) is 7.96. The first-order valence-corrected chi connectivity index (χ1v) is 3.37. The SMILES string of the molecule is C#CCOc1c(Cl)cnn1C. The van der Waals surface area contributed by atoms with Crippen molar-refractivity contribution in [3.63, 3.8) is 0 Å². The van der Waals surface area contributed by atoms with Gasteiger partial charge in [0.15, 0.2) is 6.61 Å². The van der Waals surface area contributed by atoms with E-state index in [1.807, 2.05) is 0 Å². The maximum absolute atomic E-state index is 5.70. The van der Waals surface area contributed by atoms with Gasteiger partial charge >= 0.3 is 0 Å². The fourth-order valence-corrected chi connectivity index (χ4v) is 0.892. The molecule has 4 heteroatoms. The van der Waals surface area contributed by atoms with Crippen LogP contribution >= 0.6 is 11.6 Å². The molecule has 58 valence electrons. The van der Waals surface area contributed by atoms with Crippen LogP contribution in [-0.4, -0.2) is 16.4 Å². The van der Waals surface area contributed by atoms with Crippen LogP contribution in [0.4, 0.5) is 0 Å². The third-order valence-electron chi connectivity index (χ3n) is 1.13. The minimum atomic E-state index is 0.208. The number of nitrogens with zero attached hydrogens (tertiary/aromatic N) is 2. The molecule has 0 aromatic carbocycles. The van der Waals surface area contributed by atoms with Crippen molar-refractivity contribution in [1.82, 2.24) is 9.78 Å². The predicted molar refractivity (Wildman–Crippen MR) is 42.5 cm³/mol. The number of halogens is 1. The Kier molecular flexibility index (Phi) is 2.40. The molecule has 0 bridgehead atoms.